The molecular weight excluding hydrogens is 208 g/mol. The second-order valence-electron chi connectivity index (χ2n) is 6.99. The van der Waals surface area contributed by atoms with E-state index in [9.17, 15) is 0 Å². The minimum Gasteiger partial charge on any atom is -0.312 e. The minimum atomic E-state index is 0.277. The lowest BCUT2D eigenvalue weighted by molar-refractivity contribution is 0.0609. The fourth-order valence-corrected chi connectivity index (χ4v) is 3.13. The van der Waals surface area contributed by atoms with Gasteiger partial charge in [-0.05, 0) is 72.0 Å². The molecule has 1 saturated carbocycles. The van der Waals surface area contributed by atoms with Gasteiger partial charge in [-0.2, -0.15) is 0 Å². The average Bonchev–Trinajstić information content (AvgIpc) is 2.43. The van der Waals surface area contributed by atoms with Gasteiger partial charge in [0, 0.05) is 11.6 Å². The van der Waals surface area contributed by atoms with Crippen LogP contribution in [0.15, 0.2) is 0 Å². The monoisotopic (exact) mass is 238 g/mol. The molecule has 2 heteroatoms. The Morgan fingerprint density at radius 2 is 1.65 bits per heavy atom. The number of nitrogens with zero attached hydrogens (tertiary/aromatic N) is 1. The quantitative estimate of drug-likeness (QED) is 0.813. The number of hydrogen-bond donors (Lipinski definition) is 1. The molecule has 0 aromatic rings. The largest absolute Gasteiger partial charge is 0.312 e. The van der Waals surface area contributed by atoms with Crippen molar-refractivity contribution in [3.05, 3.63) is 0 Å². The third kappa shape index (κ3) is 3.96. The zero-order chi connectivity index (χ0) is 12.3. The van der Waals surface area contributed by atoms with Crippen molar-refractivity contribution in [3.63, 3.8) is 0 Å². The van der Waals surface area contributed by atoms with Crippen molar-refractivity contribution in [3.8, 4) is 0 Å². The predicted octanol–water partition coefficient (Wildman–Crippen LogP) is 3.03. The Bertz CT molecular complexity index is 224. The Balaban J connectivity index is 1.77. The van der Waals surface area contributed by atoms with Crippen molar-refractivity contribution >= 4 is 0 Å². The van der Waals surface area contributed by atoms with Gasteiger partial charge in [-0.15, -0.1) is 0 Å². The highest BCUT2D eigenvalue weighted by atomic mass is 15.2. The summed E-state index contributed by atoms with van der Waals surface area (Å²) in [6.45, 7) is 10.7. The van der Waals surface area contributed by atoms with Crippen molar-refractivity contribution in [2.45, 2.75) is 70.9 Å². The van der Waals surface area contributed by atoms with E-state index in [1.165, 1.54) is 58.2 Å². The second kappa shape index (κ2) is 5.71. The second-order valence-corrected chi connectivity index (χ2v) is 6.99. The highest BCUT2D eigenvalue weighted by molar-refractivity contribution is 4.91. The highest BCUT2D eigenvalue weighted by Gasteiger charge is 2.35. The van der Waals surface area contributed by atoms with Gasteiger partial charge in [-0.25, -0.2) is 0 Å². The van der Waals surface area contributed by atoms with Crippen LogP contribution in [-0.4, -0.2) is 36.1 Å². The number of hydrogen-bond acceptors (Lipinski definition) is 2. The molecule has 2 rings (SSSR count). The van der Waals surface area contributed by atoms with Crippen molar-refractivity contribution < 1.29 is 0 Å². The summed E-state index contributed by atoms with van der Waals surface area (Å²) in [5.74, 6) is 0.910. The van der Waals surface area contributed by atoms with Gasteiger partial charge >= 0.3 is 0 Å². The summed E-state index contributed by atoms with van der Waals surface area (Å²) < 4.78 is 0. The molecule has 0 amide bonds. The first-order valence-corrected chi connectivity index (χ1v) is 7.55. The fourth-order valence-electron chi connectivity index (χ4n) is 3.13. The number of likely N-dealkylation sites (tertiary alicyclic amines) is 1. The van der Waals surface area contributed by atoms with E-state index in [0.717, 1.165) is 12.0 Å². The minimum absolute atomic E-state index is 0.277. The van der Waals surface area contributed by atoms with Gasteiger partial charge in [-0.1, -0.05) is 12.8 Å². The van der Waals surface area contributed by atoms with Gasteiger partial charge in [0.15, 0.2) is 0 Å². The molecular formula is C15H30N2. The van der Waals surface area contributed by atoms with Gasteiger partial charge in [0.25, 0.3) is 0 Å². The Kier molecular flexibility index (Phi) is 4.48. The molecule has 0 bridgehead atoms. The standard InChI is InChI=1S/C15H30N2/c1-15(2,3)16-12-13-8-9-14(13)17-10-6-4-5-7-11-17/h13-14,16H,4-12H2,1-3H3. The van der Waals surface area contributed by atoms with Crippen molar-refractivity contribution in [2.24, 2.45) is 5.92 Å². The third-order valence-electron chi connectivity index (χ3n) is 4.38. The molecule has 2 nitrogen and oxygen atoms in total. The summed E-state index contributed by atoms with van der Waals surface area (Å²) in [6.07, 6.45) is 8.63. The molecule has 2 fully saturated rings. The molecule has 1 heterocycles. The third-order valence-corrected chi connectivity index (χ3v) is 4.38. The molecule has 100 valence electrons. The Morgan fingerprint density at radius 1 is 1.00 bits per heavy atom. The molecule has 0 aromatic carbocycles. The summed E-state index contributed by atoms with van der Waals surface area (Å²) >= 11 is 0. The van der Waals surface area contributed by atoms with Crippen molar-refractivity contribution in [1.82, 2.24) is 10.2 Å². The van der Waals surface area contributed by atoms with Crippen LogP contribution in [0.3, 0.4) is 0 Å². The van der Waals surface area contributed by atoms with E-state index in [4.69, 9.17) is 0 Å². The summed E-state index contributed by atoms with van der Waals surface area (Å²) in [5, 5.41) is 3.68. The van der Waals surface area contributed by atoms with E-state index in [2.05, 4.69) is 31.0 Å². The average molecular weight is 238 g/mol. The van der Waals surface area contributed by atoms with Crippen LogP contribution >= 0.6 is 0 Å². The lowest BCUT2D eigenvalue weighted by Crippen LogP contribution is -2.52. The SMILES string of the molecule is CC(C)(C)NCC1CCC1N1CCCCCC1. The first kappa shape index (κ1) is 13.4. The zero-order valence-corrected chi connectivity index (χ0v) is 12.0. The lowest BCUT2D eigenvalue weighted by atomic mass is 9.78. The van der Waals surface area contributed by atoms with E-state index in [-0.39, 0.29) is 5.54 Å². The number of nitrogens with one attached hydrogen (secondary N) is 1. The molecule has 1 aliphatic heterocycles. The van der Waals surface area contributed by atoms with E-state index < -0.39 is 0 Å². The number of rotatable bonds is 3. The first-order valence-electron chi connectivity index (χ1n) is 7.55. The first-order chi connectivity index (χ1) is 8.06. The summed E-state index contributed by atoms with van der Waals surface area (Å²) in [6, 6.07) is 0.892. The molecule has 2 aliphatic rings. The maximum Gasteiger partial charge on any atom is 0.0136 e. The summed E-state index contributed by atoms with van der Waals surface area (Å²) in [5.41, 5.74) is 0.277. The molecule has 0 spiro atoms. The van der Waals surface area contributed by atoms with Crippen LogP contribution in [0.4, 0.5) is 0 Å². The molecule has 1 saturated heterocycles. The van der Waals surface area contributed by atoms with Gasteiger partial charge in [0.05, 0.1) is 0 Å². The molecule has 2 unspecified atom stereocenters. The van der Waals surface area contributed by atoms with E-state index in [1.807, 2.05) is 0 Å². The normalized spacial score (nSPS) is 31.9. The van der Waals surface area contributed by atoms with Crippen LogP contribution in [-0.2, 0) is 0 Å². The van der Waals surface area contributed by atoms with Gasteiger partial charge in [-0.3, -0.25) is 0 Å². The van der Waals surface area contributed by atoms with E-state index in [1.54, 1.807) is 0 Å². The van der Waals surface area contributed by atoms with Crippen LogP contribution in [0.1, 0.15) is 59.3 Å². The molecule has 2 atom stereocenters. The lowest BCUT2D eigenvalue weighted by Gasteiger charge is -2.45. The van der Waals surface area contributed by atoms with Crippen LogP contribution in [0.5, 0.6) is 0 Å². The highest BCUT2D eigenvalue weighted by Crippen LogP contribution is 2.33. The van der Waals surface area contributed by atoms with Crippen LogP contribution in [0.2, 0.25) is 0 Å². The smallest absolute Gasteiger partial charge is 0.0136 e. The fraction of sp³-hybridized carbons (Fsp3) is 1.00. The van der Waals surface area contributed by atoms with Crippen LogP contribution in [0, 0.1) is 5.92 Å². The Labute approximate surface area is 107 Å². The van der Waals surface area contributed by atoms with Gasteiger partial charge < -0.3 is 10.2 Å². The Hall–Kier alpha value is -0.0800. The zero-order valence-electron chi connectivity index (χ0n) is 12.0. The van der Waals surface area contributed by atoms with Crippen molar-refractivity contribution in [2.75, 3.05) is 19.6 Å². The maximum absolute atomic E-state index is 3.68. The molecule has 0 radical (unpaired) electrons. The summed E-state index contributed by atoms with van der Waals surface area (Å²) in [7, 11) is 0. The van der Waals surface area contributed by atoms with Gasteiger partial charge in [0.2, 0.25) is 0 Å². The topological polar surface area (TPSA) is 15.3 Å². The van der Waals surface area contributed by atoms with E-state index >= 15 is 0 Å². The van der Waals surface area contributed by atoms with Crippen LogP contribution < -0.4 is 5.32 Å². The van der Waals surface area contributed by atoms with Gasteiger partial charge in [0.1, 0.15) is 0 Å². The Morgan fingerprint density at radius 3 is 2.12 bits per heavy atom. The molecule has 0 aromatic heterocycles. The predicted molar refractivity (Wildman–Crippen MR) is 74.3 cm³/mol. The molecule has 1 N–H and O–H groups in total. The molecule has 1 aliphatic carbocycles. The summed E-state index contributed by atoms with van der Waals surface area (Å²) in [4.78, 5) is 2.78. The molecule has 17 heavy (non-hydrogen) atoms. The van der Waals surface area contributed by atoms with Crippen molar-refractivity contribution in [1.29, 1.82) is 0 Å². The maximum atomic E-state index is 3.68. The van der Waals surface area contributed by atoms with E-state index in [0.29, 0.717) is 0 Å². The van der Waals surface area contributed by atoms with Crippen LogP contribution in [0.25, 0.3) is 0 Å².